The molecule has 4 aliphatic heterocycles. The van der Waals surface area contributed by atoms with Crippen molar-refractivity contribution in [1.29, 1.82) is 0 Å². The van der Waals surface area contributed by atoms with Crippen molar-refractivity contribution in [3.8, 4) is 0 Å². The Bertz CT molecular complexity index is 644. The molecule has 148 valence electrons. The zero-order chi connectivity index (χ0) is 18.6. The second kappa shape index (κ2) is 8.59. The van der Waals surface area contributed by atoms with Gasteiger partial charge in [-0.2, -0.15) is 0 Å². The Morgan fingerprint density at radius 3 is 2.48 bits per heavy atom. The molecule has 4 saturated heterocycles. The lowest BCUT2D eigenvalue weighted by Crippen LogP contribution is -2.64. The van der Waals surface area contributed by atoms with Crippen LogP contribution in [-0.2, 0) is 6.54 Å². The zero-order valence-electron chi connectivity index (χ0n) is 16.9. The van der Waals surface area contributed by atoms with E-state index in [-0.39, 0.29) is 0 Å². The van der Waals surface area contributed by atoms with Crippen LogP contribution in [0.4, 0.5) is 0 Å². The summed E-state index contributed by atoms with van der Waals surface area (Å²) in [6.07, 6.45) is 0. The van der Waals surface area contributed by atoms with E-state index in [0.29, 0.717) is 6.04 Å². The van der Waals surface area contributed by atoms with Crippen molar-refractivity contribution in [2.45, 2.75) is 19.5 Å². The van der Waals surface area contributed by atoms with E-state index in [0.717, 1.165) is 45.2 Å². The Morgan fingerprint density at radius 1 is 1.07 bits per heavy atom. The second-order valence-corrected chi connectivity index (χ2v) is 8.17. The molecule has 2 bridgehead atoms. The Balaban J connectivity index is 1.24. The second-order valence-electron chi connectivity index (χ2n) is 8.17. The van der Waals surface area contributed by atoms with Crippen LogP contribution in [0.1, 0.15) is 11.1 Å². The fourth-order valence-corrected chi connectivity index (χ4v) is 4.65. The average Bonchev–Trinajstić information content (AvgIpc) is 2.70. The van der Waals surface area contributed by atoms with Gasteiger partial charge < -0.3 is 10.2 Å². The van der Waals surface area contributed by atoms with Gasteiger partial charge in [0.2, 0.25) is 0 Å². The van der Waals surface area contributed by atoms with Gasteiger partial charge in [-0.25, -0.2) is 0 Å². The molecule has 1 aromatic carbocycles. The lowest BCUT2D eigenvalue weighted by Gasteiger charge is -2.47. The Labute approximate surface area is 163 Å². The van der Waals surface area contributed by atoms with Gasteiger partial charge in [0, 0.05) is 85.1 Å². The highest BCUT2D eigenvalue weighted by Crippen LogP contribution is 2.15. The first kappa shape index (κ1) is 18.7. The van der Waals surface area contributed by atoms with E-state index in [1.807, 2.05) is 7.05 Å². The average molecular weight is 371 g/mol. The minimum atomic E-state index is 0.631. The molecule has 4 fully saturated rings. The number of aliphatic imine (C=N–C) groups is 1. The summed E-state index contributed by atoms with van der Waals surface area (Å²) in [5.74, 6) is 1.07. The molecule has 0 saturated carbocycles. The van der Waals surface area contributed by atoms with Crippen LogP contribution >= 0.6 is 0 Å². The minimum absolute atomic E-state index is 0.631. The first-order valence-corrected chi connectivity index (χ1v) is 10.4. The predicted molar refractivity (Wildman–Crippen MR) is 111 cm³/mol. The third-order valence-electron chi connectivity index (χ3n) is 6.26. The lowest BCUT2D eigenvalue weighted by atomic mass is 10.1. The summed E-state index contributed by atoms with van der Waals surface area (Å²) in [4.78, 5) is 14.8. The van der Waals surface area contributed by atoms with E-state index in [1.54, 1.807) is 0 Å². The molecule has 1 N–H and O–H groups in total. The van der Waals surface area contributed by atoms with Crippen molar-refractivity contribution in [2.24, 2.45) is 4.99 Å². The Hall–Kier alpha value is -1.63. The van der Waals surface area contributed by atoms with Crippen LogP contribution in [0.15, 0.2) is 29.3 Å². The number of hydrogen-bond acceptors (Lipinski definition) is 4. The van der Waals surface area contributed by atoms with Crippen molar-refractivity contribution in [2.75, 3.05) is 72.5 Å². The molecule has 1 aromatic rings. The molecule has 5 rings (SSSR count). The number of aryl methyl sites for hydroxylation is 1. The van der Waals surface area contributed by atoms with Crippen molar-refractivity contribution in [3.05, 3.63) is 35.4 Å². The van der Waals surface area contributed by atoms with Crippen LogP contribution in [0.3, 0.4) is 0 Å². The molecule has 0 aromatic heterocycles. The third-order valence-corrected chi connectivity index (χ3v) is 6.26. The Kier molecular flexibility index (Phi) is 5.95. The summed E-state index contributed by atoms with van der Waals surface area (Å²) < 4.78 is 0. The Morgan fingerprint density at radius 2 is 1.85 bits per heavy atom. The quantitative estimate of drug-likeness (QED) is 0.623. The number of benzene rings is 1. The van der Waals surface area contributed by atoms with Gasteiger partial charge in [-0.15, -0.1) is 0 Å². The summed E-state index contributed by atoms with van der Waals surface area (Å²) in [7, 11) is 1.91. The maximum absolute atomic E-state index is 4.56. The summed E-state index contributed by atoms with van der Waals surface area (Å²) in [6, 6.07) is 9.51. The maximum atomic E-state index is 4.56. The van der Waals surface area contributed by atoms with E-state index < -0.39 is 0 Å². The SMILES string of the molecule is CN=C(NCC1CN2CCN1CC2)N1CCN(Cc2cccc(C)c2)CC1. The van der Waals surface area contributed by atoms with Crippen LogP contribution in [0.2, 0.25) is 0 Å². The normalized spacial score (nSPS) is 29.2. The minimum Gasteiger partial charge on any atom is -0.355 e. The fraction of sp³-hybridized carbons (Fsp3) is 0.667. The van der Waals surface area contributed by atoms with E-state index in [2.05, 4.69) is 61.1 Å². The maximum Gasteiger partial charge on any atom is 0.193 e. The number of nitrogens with zero attached hydrogens (tertiary/aromatic N) is 5. The number of piperazine rings is 4. The van der Waals surface area contributed by atoms with E-state index >= 15 is 0 Å². The standard InChI is InChI=1S/C21H34N6/c1-18-4-3-5-19(14-18)16-24-8-12-27(13-9-24)21(22-2)23-15-20-17-25-6-10-26(20)11-7-25/h3-5,14,20H,6-13,15-17H2,1-2H3,(H,22,23). The van der Waals surface area contributed by atoms with Crippen molar-refractivity contribution < 1.29 is 0 Å². The van der Waals surface area contributed by atoms with Gasteiger partial charge in [0.05, 0.1) is 0 Å². The highest BCUT2D eigenvalue weighted by molar-refractivity contribution is 5.80. The van der Waals surface area contributed by atoms with Crippen LogP contribution < -0.4 is 5.32 Å². The summed E-state index contributed by atoms with van der Waals surface area (Å²) in [5, 5.41) is 3.65. The lowest BCUT2D eigenvalue weighted by molar-refractivity contribution is 0.0151. The third kappa shape index (κ3) is 4.62. The summed E-state index contributed by atoms with van der Waals surface area (Å²) in [6.45, 7) is 14.7. The molecule has 6 heteroatoms. The van der Waals surface area contributed by atoms with Gasteiger partial charge in [0.15, 0.2) is 5.96 Å². The number of nitrogens with one attached hydrogen (secondary N) is 1. The largest absolute Gasteiger partial charge is 0.355 e. The molecular formula is C21H34N6. The molecule has 4 heterocycles. The number of guanidine groups is 1. The first-order valence-electron chi connectivity index (χ1n) is 10.4. The van der Waals surface area contributed by atoms with E-state index in [4.69, 9.17) is 0 Å². The molecule has 0 radical (unpaired) electrons. The van der Waals surface area contributed by atoms with Gasteiger partial charge in [0.1, 0.15) is 0 Å². The molecule has 0 spiro atoms. The predicted octanol–water partition coefficient (Wildman–Crippen LogP) is 0.688. The van der Waals surface area contributed by atoms with Crippen molar-refractivity contribution >= 4 is 5.96 Å². The molecular weight excluding hydrogens is 336 g/mol. The number of rotatable bonds is 4. The van der Waals surface area contributed by atoms with Gasteiger partial charge in [0.25, 0.3) is 0 Å². The summed E-state index contributed by atoms with van der Waals surface area (Å²) in [5.41, 5.74) is 2.77. The van der Waals surface area contributed by atoms with Crippen LogP contribution in [0.5, 0.6) is 0 Å². The summed E-state index contributed by atoms with van der Waals surface area (Å²) >= 11 is 0. The highest BCUT2D eigenvalue weighted by atomic mass is 15.4. The number of hydrogen-bond donors (Lipinski definition) is 1. The highest BCUT2D eigenvalue weighted by Gasteiger charge is 2.32. The van der Waals surface area contributed by atoms with Gasteiger partial charge in [-0.3, -0.25) is 19.7 Å². The van der Waals surface area contributed by atoms with Gasteiger partial charge in [-0.1, -0.05) is 29.8 Å². The smallest absolute Gasteiger partial charge is 0.193 e. The molecule has 1 atom stereocenters. The molecule has 4 aliphatic rings. The zero-order valence-corrected chi connectivity index (χ0v) is 16.9. The molecule has 27 heavy (non-hydrogen) atoms. The van der Waals surface area contributed by atoms with Crippen LogP contribution in [0, 0.1) is 6.92 Å². The molecule has 0 aliphatic carbocycles. The van der Waals surface area contributed by atoms with Crippen LogP contribution in [-0.4, -0.2) is 104 Å². The van der Waals surface area contributed by atoms with Crippen LogP contribution in [0.25, 0.3) is 0 Å². The topological polar surface area (TPSA) is 37.4 Å². The number of fused-ring (bicyclic) bond motifs is 3. The molecule has 1 unspecified atom stereocenters. The molecule has 0 amide bonds. The molecule has 6 nitrogen and oxygen atoms in total. The first-order chi connectivity index (χ1) is 13.2. The van der Waals surface area contributed by atoms with E-state index in [9.17, 15) is 0 Å². The van der Waals surface area contributed by atoms with Crippen molar-refractivity contribution in [1.82, 2.24) is 24.9 Å². The van der Waals surface area contributed by atoms with Gasteiger partial charge >= 0.3 is 0 Å². The van der Waals surface area contributed by atoms with Gasteiger partial charge in [-0.05, 0) is 12.5 Å². The van der Waals surface area contributed by atoms with E-state index in [1.165, 1.54) is 43.9 Å². The monoisotopic (exact) mass is 370 g/mol. The fourth-order valence-electron chi connectivity index (χ4n) is 4.65. The van der Waals surface area contributed by atoms with Crippen molar-refractivity contribution in [3.63, 3.8) is 0 Å².